The molecule has 3 aromatic carbocycles. The van der Waals surface area contributed by atoms with E-state index in [9.17, 15) is 0 Å². The van der Waals surface area contributed by atoms with Gasteiger partial charge in [0.2, 0.25) is 0 Å². The van der Waals surface area contributed by atoms with Crippen molar-refractivity contribution in [3.8, 4) is 11.3 Å². The molecule has 0 aliphatic rings. The van der Waals surface area contributed by atoms with Crippen molar-refractivity contribution in [1.29, 1.82) is 0 Å². The Morgan fingerprint density at radius 3 is 2.00 bits per heavy atom. The van der Waals surface area contributed by atoms with Crippen molar-refractivity contribution < 1.29 is 0 Å². The van der Waals surface area contributed by atoms with Gasteiger partial charge in [0, 0.05) is 18.0 Å². The summed E-state index contributed by atoms with van der Waals surface area (Å²) in [5.74, 6) is 0. The van der Waals surface area contributed by atoms with Crippen LogP contribution in [-0.4, -0.2) is 4.57 Å². The van der Waals surface area contributed by atoms with E-state index in [4.69, 9.17) is 5.11 Å². The largest absolute Gasteiger partial charge is 0.342 e. The van der Waals surface area contributed by atoms with Crippen LogP contribution in [0.1, 0.15) is 16.7 Å². The summed E-state index contributed by atoms with van der Waals surface area (Å²) in [5.41, 5.74) is 8.87. The minimum atomic E-state index is 0.862. The Morgan fingerprint density at radius 2 is 1.33 bits per heavy atom. The van der Waals surface area contributed by atoms with Crippen LogP contribution in [-0.2, 0) is 7.05 Å². The predicted molar refractivity (Wildman–Crippen MR) is 113 cm³/mol. The lowest BCUT2D eigenvalue weighted by Crippen LogP contribution is -1.91. The number of fused-ring (bicyclic) bond motifs is 1. The highest BCUT2D eigenvalue weighted by Crippen LogP contribution is 2.41. The lowest BCUT2D eigenvalue weighted by Gasteiger charge is -2.06. The molecule has 3 nitrogen and oxygen atoms in total. The molecule has 0 aliphatic heterocycles. The van der Waals surface area contributed by atoms with Gasteiger partial charge in [0.1, 0.15) is 5.69 Å². The highest BCUT2D eigenvalue weighted by molar-refractivity contribution is 6.02. The highest BCUT2D eigenvalue weighted by Gasteiger charge is 2.18. The number of hydrogen-bond acceptors (Lipinski definition) is 2. The Hall–Kier alpha value is -3.20. The molecule has 1 aromatic heterocycles. The summed E-state index contributed by atoms with van der Waals surface area (Å²) in [6, 6.07) is 23.1. The summed E-state index contributed by atoms with van der Waals surface area (Å²) in [6.07, 6.45) is 0. The summed E-state index contributed by atoms with van der Waals surface area (Å²) in [5, 5.41) is 10.4. The molecule has 3 heteroatoms. The van der Waals surface area contributed by atoms with Gasteiger partial charge in [-0.3, -0.25) is 0 Å². The third kappa shape index (κ3) is 3.17. The van der Waals surface area contributed by atoms with E-state index >= 15 is 0 Å². The molecule has 0 aliphatic carbocycles. The van der Waals surface area contributed by atoms with Crippen LogP contribution in [0.5, 0.6) is 0 Å². The van der Waals surface area contributed by atoms with Crippen LogP contribution in [0, 0.1) is 20.8 Å². The lowest BCUT2D eigenvalue weighted by molar-refractivity contribution is 0.975. The highest BCUT2D eigenvalue weighted by atomic mass is 15.1. The molecule has 0 atom stereocenters. The third-order valence-electron chi connectivity index (χ3n) is 5.03. The molecule has 0 N–H and O–H groups in total. The molecule has 4 aromatic rings. The van der Waals surface area contributed by atoms with Crippen molar-refractivity contribution in [2.75, 3.05) is 0 Å². The van der Waals surface area contributed by atoms with Crippen molar-refractivity contribution in [2.45, 2.75) is 20.8 Å². The van der Waals surface area contributed by atoms with Crippen LogP contribution in [0.15, 0.2) is 77.0 Å². The average molecular weight is 353 g/mol. The molecule has 0 unspecified atom stereocenters. The summed E-state index contributed by atoms with van der Waals surface area (Å²) in [6.45, 7) is 6.31. The van der Waals surface area contributed by atoms with Gasteiger partial charge >= 0.3 is 0 Å². The second-order valence-electron chi connectivity index (χ2n) is 7.13. The van der Waals surface area contributed by atoms with Crippen LogP contribution in [0.25, 0.3) is 22.2 Å². The molecule has 0 radical (unpaired) electrons. The Bertz CT molecular complexity index is 1130. The molecule has 27 heavy (non-hydrogen) atoms. The fourth-order valence-corrected chi connectivity index (χ4v) is 3.50. The summed E-state index contributed by atoms with van der Waals surface area (Å²) in [4.78, 5) is 0. The van der Waals surface area contributed by atoms with Crippen LogP contribution < -0.4 is 0 Å². The van der Waals surface area contributed by atoms with Gasteiger partial charge in [0.25, 0.3) is 0 Å². The zero-order valence-corrected chi connectivity index (χ0v) is 16.2. The molecule has 0 fully saturated rings. The molecule has 0 saturated heterocycles. The first-order valence-electron chi connectivity index (χ1n) is 9.18. The van der Waals surface area contributed by atoms with Crippen molar-refractivity contribution in [3.63, 3.8) is 0 Å². The maximum atomic E-state index is 4.72. The minimum Gasteiger partial charge on any atom is -0.342 e. The van der Waals surface area contributed by atoms with E-state index in [1.807, 2.05) is 12.1 Å². The predicted octanol–water partition coefficient (Wildman–Crippen LogP) is 7.19. The van der Waals surface area contributed by atoms with Crippen molar-refractivity contribution in [1.82, 2.24) is 4.57 Å². The molecule has 0 saturated carbocycles. The zero-order valence-electron chi connectivity index (χ0n) is 16.2. The Balaban J connectivity index is 1.95. The third-order valence-corrected chi connectivity index (χ3v) is 5.03. The van der Waals surface area contributed by atoms with E-state index in [0.717, 1.165) is 28.0 Å². The number of nitrogens with zero attached hydrogens (tertiary/aromatic N) is 3. The maximum Gasteiger partial charge on any atom is 0.120 e. The number of aryl methyl sites for hydroxylation is 4. The van der Waals surface area contributed by atoms with Gasteiger partial charge in [-0.25, -0.2) is 0 Å². The van der Waals surface area contributed by atoms with Crippen LogP contribution in [0.3, 0.4) is 0 Å². The van der Waals surface area contributed by atoms with Crippen molar-refractivity contribution in [3.05, 3.63) is 83.4 Å². The second-order valence-corrected chi connectivity index (χ2v) is 7.13. The van der Waals surface area contributed by atoms with Crippen molar-refractivity contribution >= 4 is 22.3 Å². The Labute approximate surface area is 160 Å². The van der Waals surface area contributed by atoms with Gasteiger partial charge in [-0.15, -0.1) is 5.11 Å². The fourth-order valence-electron chi connectivity index (χ4n) is 3.50. The van der Waals surface area contributed by atoms with Gasteiger partial charge in [0.05, 0.1) is 16.9 Å². The maximum absolute atomic E-state index is 4.72. The van der Waals surface area contributed by atoms with Gasteiger partial charge in [-0.1, -0.05) is 59.7 Å². The van der Waals surface area contributed by atoms with E-state index < -0.39 is 0 Å². The quantitative estimate of drug-likeness (QED) is 0.349. The molecule has 0 spiro atoms. The Morgan fingerprint density at radius 1 is 0.704 bits per heavy atom. The molecular formula is C24H23N3. The summed E-state index contributed by atoms with van der Waals surface area (Å²) >= 11 is 0. The number of azo groups is 1. The first kappa shape index (κ1) is 17.2. The molecule has 1 heterocycles. The Kier molecular flexibility index (Phi) is 4.36. The van der Waals surface area contributed by atoms with E-state index in [1.54, 1.807) is 0 Å². The summed E-state index contributed by atoms with van der Waals surface area (Å²) < 4.78 is 2.22. The van der Waals surface area contributed by atoms with Gasteiger partial charge in [-0.2, -0.15) is 5.11 Å². The smallest absolute Gasteiger partial charge is 0.120 e. The van der Waals surface area contributed by atoms with Crippen molar-refractivity contribution in [2.24, 2.45) is 17.3 Å². The molecule has 0 bridgehead atoms. The monoisotopic (exact) mass is 353 g/mol. The standard InChI is InChI=1S/C24H23N3/c1-16-8-12-19(13-9-16)24-23(26-25-20-14-10-17(2)11-15-20)22-18(3)6-5-7-21(22)27(24)4/h5-15H,1-4H3. The summed E-state index contributed by atoms with van der Waals surface area (Å²) in [7, 11) is 2.10. The van der Waals surface area contributed by atoms with E-state index in [1.165, 1.54) is 22.2 Å². The van der Waals surface area contributed by atoms with Crippen LogP contribution >= 0.6 is 0 Å². The number of rotatable bonds is 3. The molecule has 0 amide bonds. The SMILES string of the molecule is Cc1ccc(N=Nc2c(-c3ccc(C)cc3)n(C)c3cccc(C)c23)cc1. The van der Waals surface area contributed by atoms with E-state index in [2.05, 4.69) is 92.1 Å². The average Bonchev–Trinajstić information content (AvgIpc) is 2.95. The normalized spacial score (nSPS) is 11.6. The molecular weight excluding hydrogens is 330 g/mol. The molecule has 134 valence electrons. The zero-order chi connectivity index (χ0) is 19.0. The number of benzene rings is 3. The first-order valence-corrected chi connectivity index (χ1v) is 9.18. The second kappa shape index (κ2) is 6.84. The van der Waals surface area contributed by atoms with E-state index in [-0.39, 0.29) is 0 Å². The van der Waals surface area contributed by atoms with Gasteiger partial charge in [-0.05, 0) is 44.5 Å². The number of hydrogen-bond donors (Lipinski definition) is 0. The fraction of sp³-hybridized carbons (Fsp3) is 0.167. The minimum absolute atomic E-state index is 0.862. The molecule has 4 rings (SSSR count). The lowest BCUT2D eigenvalue weighted by atomic mass is 10.1. The topological polar surface area (TPSA) is 29.6 Å². The first-order chi connectivity index (χ1) is 13.0. The van der Waals surface area contributed by atoms with Gasteiger partial charge < -0.3 is 4.57 Å². The van der Waals surface area contributed by atoms with Crippen LogP contribution in [0.4, 0.5) is 11.4 Å². The van der Waals surface area contributed by atoms with Gasteiger partial charge in [0.15, 0.2) is 0 Å². The van der Waals surface area contributed by atoms with Crippen LogP contribution in [0.2, 0.25) is 0 Å². The number of aromatic nitrogens is 1. The van der Waals surface area contributed by atoms with E-state index in [0.29, 0.717) is 0 Å².